The Morgan fingerprint density at radius 1 is 1.17 bits per heavy atom. The molecule has 0 aliphatic carbocycles. The average Bonchev–Trinajstić information content (AvgIpc) is 3.08. The maximum Gasteiger partial charge on any atom is 0.191 e. The largest absolute Gasteiger partial charge is 0.497 e. The summed E-state index contributed by atoms with van der Waals surface area (Å²) >= 11 is 1.75. The zero-order valence-electron chi connectivity index (χ0n) is 13.5. The van der Waals surface area contributed by atoms with Gasteiger partial charge in [0.15, 0.2) is 5.96 Å². The molecule has 23 heavy (non-hydrogen) atoms. The fourth-order valence-corrected chi connectivity index (χ4v) is 2.74. The van der Waals surface area contributed by atoms with Crippen molar-refractivity contribution in [2.45, 2.75) is 19.4 Å². The molecule has 1 aromatic heterocycles. The third kappa shape index (κ3) is 7.22. The summed E-state index contributed by atoms with van der Waals surface area (Å²) in [6.45, 7) is 1.71. The number of guanidine groups is 1. The standard InChI is InChI=1S/C17H23N3OS.HI/c1-18-17(20-13-16-6-4-12-22-16)19-11-3-5-14-7-9-15(21-2)10-8-14;/h4,6-10,12H,3,5,11,13H2,1-2H3,(H2,18,19,20);1H. The number of halogens is 1. The van der Waals surface area contributed by atoms with Crippen molar-refractivity contribution >= 4 is 41.3 Å². The second kappa shape index (κ2) is 11.3. The lowest BCUT2D eigenvalue weighted by Gasteiger charge is -2.11. The van der Waals surface area contributed by atoms with Crippen LogP contribution < -0.4 is 15.4 Å². The predicted octanol–water partition coefficient (Wildman–Crippen LogP) is 3.67. The number of methoxy groups -OCH3 is 1. The summed E-state index contributed by atoms with van der Waals surface area (Å²) < 4.78 is 5.16. The first-order valence-corrected chi connectivity index (χ1v) is 8.29. The molecule has 0 fully saturated rings. The zero-order valence-corrected chi connectivity index (χ0v) is 16.7. The number of hydrogen-bond donors (Lipinski definition) is 2. The van der Waals surface area contributed by atoms with Crippen molar-refractivity contribution in [1.82, 2.24) is 10.6 Å². The fraction of sp³-hybridized carbons (Fsp3) is 0.353. The van der Waals surface area contributed by atoms with Gasteiger partial charge in [0.1, 0.15) is 5.75 Å². The quantitative estimate of drug-likeness (QED) is 0.296. The molecule has 0 radical (unpaired) electrons. The molecule has 0 aliphatic heterocycles. The summed E-state index contributed by atoms with van der Waals surface area (Å²) in [4.78, 5) is 5.54. The number of aryl methyl sites for hydroxylation is 1. The summed E-state index contributed by atoms with van der Waals surface area (Å²) in [6, 6.07) is 12.4. The summed E-state index contributed by atoms with van der Waals surface area (Å²) in [5.74, 6) is 1.75. The molecule has 0 atom stereocenters. The Hall–Kier alpha value is -1.28. The van der Waals surface area contributed by atoms with Crippen LogP contribution in [-0.2, 0) is 13.0 Å². The normalized spacial score (nSPS) is 10.8. The fourth-order valence-electron chi connectivity index (χ4n) is 2.10. The molecule has 1 aromatic carbocycles. The van der Waals surface area contributed by atoms with Gasteiger partial charge < -0.3 is 15.4 Å². The van der Waals surface area contributed by atoms with Crippen LogP contribution in [0.3, 0.4) is 0 Å². The Morgan fingerprint density at radius 2 is 1.96 bits per heavy atom. The number of ether oxygens (including phenoxy) is 1. The van der Waals surface area contributed by atoms with Gasteiger partial charge in [0.25, 0.3) is 0 Å². The SMILES string of the molecule is CN=C(NCCCc1ccc(OC)cc1)NCc1cccs1.I. The first-order chi connectivity index (χ1) is 10.8. The molecule has 0 spiro atoms. The van der Waals surface area contributed by atoms with E-state index in [4.69, 9.17) is 4.74 Å². The summed E-state index contributed by atoms with van der Waals surface area (Å²) in [6.07, 6.45) is 2.10. The molecule has 2 N–H and O–H groups in total. The number of nitrogens with zero attached hydrogens (tertiary/aromatic N) is 1. The van der Waals surface area contributed by atoms with Gasteiger partial charge in [-0.1, -0.05) is 18.2 Å². The molecular weight excluding hydrogens is 421 g/mol. The van der Waals surface area contributed by atoms with Crippen LogP contribution in [0.1, 0.15) is 16.9 Å². The van der Waals surface area contributed by atoms with Gasteiger partial charge in [-0.2, -0.15) is 0 Å². The van der Waals surface area contributed by atoms with Crippen molar-refractivity contribution in [3.05, 3.63) is 52.2 Å². The lowest BCUT2D eigenvalue weighted by molar-refractivity contribution is 0.414. The van der Waals surface area contributed by atoms with Crippen molar-refractivity contribution in [2.24, 2.45) is 4.99 Å². The number of aliphatic imine (C=N–C) groups is 1. The van der Waals surface area contributed by atoms with E-state index in [0.29, 0.717) is 0 Å². The Bertz CT molecular complexity index is 570. The highest BCUT2D eigenvalue weighted by Gasteiger charge is 1.99. The molecule has 0 bridgehead atoms. The summed E-state index contributed by atoms with van der Waals surface area (Å²) in [7, 11) is 3.49. The second-order valence-corrected chi connectivity index (χ2v) is 5.92. The van der Waals surface area contributed by atoms with Crippen LogP contribution in [0.5, 0.6) is 5.75 Å². The van der Waals surface area contributed by atoms with Gasteiger partial charge in [-0.3, -0.25) is 4.99 Å². The van der Waals surface area contributed by atoms with E-state index in [0.717, 1.165) is 37.6 Å². The monoisotopic (exact) mass is 445 g/mol. The Kier molecular flexibility index (Phi) is 9.70. The lowest BCUT2D eigenvalue weighted by Crippen LogP contribution is -2.37. The first-order valence-electron chi connectivity index (χ1n) is 7.41. The Balaban J connectivity index is 0.00000264. The minimum absolute atomic E-state index is 0. The first kappa shape index (κ1) is 19.8. The number of rotatable bonds is 7. The summed E-state index contributed by atoms with van der Waals surface area (Å²) in [5.41, 5.74) is 1.32. The highest BCUT2D eigenvalue weighted by molar-refractivity contribution is 14.0. The number of benzene rings is 1. The van der Waals surface area contributed by atoms with Crippen molar-refractivity contribution in [3.63, 3.8) is 0 Å². The topological polar surface area (TPSA) is 45.7 Å². The molecule has 0 unspecified atom stereocenters. The molecule has 1 heterocycles. The minimum Gasteiger partial charge on any atom is -0.497 e. The maximum absolute atomic E-state index is 5.16. The smallest absolute Gasteiger partial charge is 0.191 e. The van der Waals surface area contributed by atoms with Gasteiger partial charge in [0, 0.05) is 18.5 Å². The van der Waals surface area contributed by atoms with Gasteiger partial charge in [-0.25, -0.2) is 0 Å². The predicted molar refractivity (Wildman–Crippen MR) is 109 cm³/mol. The molecule has 4 nitrogen and oxygen atoms in total. The molecule has 2 aromatic rings. The number of thiophene rings is 1. The van der Waals surface area contributed by atoms with E-state index in [1.165, 1.54) is 10.4 Å². The van der Waals surface area contributed by atoms with E-state index < -0.39 is 0 Å². The van der Waals surface area contributed by atoms with Crippen LogP contribution in [0, 0.1) is 0 Å². The van der Waals surface area contributed by atoms with Gasteiger partial charge in [0.2, 0.25) is 0 Å². The van der Waals surface area contributed by atoms with Crippen molar-refractivity contribution in [3.8, 4) is 5.75 Å². The molecule has 0 saturated carbocycles. The molecule has 2 rings (SSSR count). The van der Waals surface area contributed by atoms with Gasteiger partial charge in [0.05, 0.1) is 13.7 Å². The van der Waals surface area contributed by atoms with Gasteiger partial charge >= 0.3 is 0 Å². The number of nitrogens with one attached hydrogen (secondary N) is 2. The molecule has 0 aliphatic rings. The van der Waals surface area contributed by atoms with E-state index >= 15 is 0 Å². The average molecular weight is 445 g/mol. The Labute approximate surface area is 159 Å². The second-order valence-electron chi connectivity index (χ2n) is 4.88. The highest BCUT2D eigenvalue weighted by atomic mass is 127. The van der Waals surface area contributed by atoms with E-state index in [1.807, 2.05) is 12.1 Å². The third-order valence-corrected chi connectivity index (χ3v) is 4.20. The van der Waals surface area contributed by atoms with E-state index in [9.17, 15) is 0 Å². The van der Waals surface area contributed by atoms with Gasteiger partial charge in [-0.05, 0) is 42.0 Å². The van der Waals surface area contributed by atoms with Gasteiger partial charge in [-0.15, -0.1) is 35.3 Å². The van der Waals surface area contributed by atoms with Crippen LogP contribution in [0.2, 0.25) is 0 Å². The maximum atomic E-state index is 5.16. The van der Waals surface area contributed by atoms with Crippen LogP contribution in [0.4, 0.5) is 0 Å². The molecule has 6 heteroatoms. The lowest BCUT2D eigenvalue weighted by atomic mass is 10.1. The highest BCUT2D eigenvalue weighted by Crippen LogP contribution is 2.12. The minimum atomic E-state index is 0. The number of hydrogen-bond acceptors (Lipinski definition) is 3. The molecule has 0 amide bonds. The molecule has 126 valence electrons. The van der Waals surface area contributed by atoms with Crippen molar-refractivity contribution in [1.29, 1.82) is 0 Å². The van der Waals surface area contributed by atoms with Crippen LogP contribution in [0.25, 0.3) is 0 Å². The van der Waals surface area contributed by atoms with Crippen LogP contribution in [0.15, 0.2) is 46.8 Å². The molecular formula is C17H24IN3OS. The van der Waals surface area contributed by atoms with E-state index in [1.54, 1.807) is 25.5 Å². The summed E-state index contributed by atoms with van der Waals surface area (Å²) in [5, 5.41) is 8.75. The third-order valence-electron chi connectivity index (χ3n) is 3.33. The Morgan fingerprint density at radius 3 is 2.57 bits per heavy atom. The van der Waals surface area contributed by atoms with Crippen LogP contribution in [-0.4, -0.2) is 26.7 Å². The van der Waals surface area contributed by atoms with Crippen molar-refractivity contribution < 1.29 is 4.74 Å². The van der Waals surface area contributed by atoms with Crippen molar-refractivity contribution in [2.75, 3.05) is 20.7 Å². The van der Waals surface area contributed by atoms with E-state index in [-0.39, 0.29) is 24.0 Å². The van der Waals surface area contributed by atoms with E-state index in [2.05, 4.69) is 45.3 Å². The molecule has 0 saturated heterocycles. The zero-order chi connectivity index (χ0) is 15.6. The van der Waals surface area contributed by atoms with Crippen LogP contribution >= 0.6 is 35.3 Å².